The van der Waals surface area contributed by atoms with Crippen LogP contribution in [-0.2, 0) is 9.59 Å². The van der Waals surface area contributed by atoms with Crippen LogP contribution in [0.4, 0.5) is 4.79 Å². The molecule has 1 heterocycles. The summed E-state index contributed by atoms with van der Waals surface area (Å²) in [4.78, 5) is 33.1. The van der Waals surface area contributed by atoms with Gasteiger partial charge >= 0.3 is 6.03 Å². The lowest BCUT2D eigenvalue weighted by Gasteiger charge is -2.24. The van der Waals surface area contributed by atoms with Crippen LogP contribution in [0.3, 0.4) is 0 Å². The van der Waals surface area contributed by atoms with Crippen molar-refractivity contribution in [2.75, 3.05) is 0 Å². The summed E-state index contributed by atoms with van der Waals surface area (Å²) < 4.78 is 0. The van der Waals surface area contributed by atoms with Gasteiger partial charge in [0.25, 0.3) is 0 Å². The van der Waals surface area contributed by atoms with Crippen molar-refractivity contribution in [2.24, 2.45) is 11.8 Å². The SMILES string of the molecule is CCC(C)C1C(=O)NC(=O)NC1=O. The Balaban J connectivity index is 2.78. The third kappa shape index (κ3) is 1.85. The molecule has 0 spiro atoms. The van der Waals surface area contributed by atoms with Crippen LogP contribution in [0, 0.1) is 11.8 Å². The van der Waals surface area contributed by atoms with Crippen LogP contribution < -0.4 is 10.6 Å². The second kappa shape index (κ2) is 3.55. The lowest BCUT2D eigenvalue weighted by molar-refractivity contribution is -0.137. The fourth-order valence-corrected chi connectivity index (χ4v) is 1.28. The molecule has 13 heavy (non-hydrogen) atoms. The Kier molecular flexibility index (Phi) is 2.65. The Morgan fingerprint density at radius 3 is 2.08 bits per heavy atom. The number of amides is 4. The van der Waals surface area contributed by atoms with Crippen molar-refractivity contribution in [1.29, 1.82) is 0 Å². The van der Waals surface area contributed by atoms with E-state index in [-0.39, 0.29) is 5.92 Å². The minimum Gasteiger partial charge on any atom is -0.277 e. The topological polar surface area (TPSA) is 75.3 Å². The van der Waals surface area contributed by atoms with Gasteiger partial charge in [0.15, 0.2) is 0 Å². The molecular formula is C8H12N2O3. The maximum atomic E-state index is 11.2. The highest BCUT2D eigenvalue weighted by Crippen LogP contribution is 2.17. The number of urea groups is 1. The molecule has 0 aromatic heterocycles. The molecule has 5 heteroatoms. The number of imide groups is 2. The smallest absolute Gasteiger partial charge is 0.277 e. The third-order valence-electron chi connectivity index (χ3n) is 2.25. The molecule has 0 saturated carbocycles. The second-order valence-electron chi connectivity index (χ2n) is 3.17. The van der Waals surface area contributed by atoms with E-state index in [1.807, 2.05) is 6.92 Å². The second-order valence-corrected chi connectivity index (χ2v) is 3.17. The first-order valence-electron chi connectivity index (χ1n) is 4.22. The molecule has 1 atom stereocenters. The van der Waals surface area contributed by atoms with Crippen molar-refractivity contribution in [1.82, 2.24) is 10.6 Å². The van der Waals surface area contributed by atoms with E-state index in [0.29, 0.717) is 0 Å². The van der Waals surface area contributed by atoms with E-state index in [1.165, 1.54) is 0 Å². The average molecular weight is 184 g/mol. The van der Waals surface area contributed by atoms with Gasteiger partial charge in [-0.3, -0.25) is 20.2 Å². The van der Waals surface area contributed by atoms with Crippen molar-refractivity contribution in [3.63, 3.8) is 0 Å². The Bertz CT molecular complexity index is 242. The number of hydrogen-bond donors (Lipinski definition) is 2. The molecular weight excluding hydrogens is 172 g/mol. The highest BCUT2D eigenvalue weighted by molar-refractivity contribution is 6.16. The summed E-state index contributed by atoms with van der Waals surface area (Å²) in [6.07, 6.45) is 0.722. The van der Waals surface area contributed by atoms with E-state index in [0.717, 1.165) is 6.42 Å². The van der Waals surface area contributed by atoms with Gasteiger partial charge < -0.3 is 0 Å². The zero-order valence-electron chi connectivity index (χ0n) is 7.59. The molecule has 4 amide bonds. The van der Waals surface area contributed by atoms with Crippen LogP contribution in [0.2, 0.25) is 0 Å². The summed E-state index contributed by atoms with van der Waals surface area (Å²) in [6, 6.07) is -0.727. The zero-order chi connectivity index (χ0) is 10.0. The van der Waals surface area contributed by atoms with E-state index in [4.69, 9.17) is 0 Å². The molecule has 1 rings (SSSR count). The highest BCUT2D eigenvalue weighted by atomic mass is 16.2. The number of nitrogens with one attached hydrogen (secondary N) is 2. The fraction of sp³-hybridized carbons (Fsp3) is 0.625. The summed E-state index contributed by atoms with van der Waals surface area (Å²) in [5, 5.41) is 4.13. The normalized spacial score (nSPS) is 20.9. The summed E-state index contributed by atoms with van der Waals surface area (Å²) in [5.41, 5.74) is 0. The third-order valence-corrected chi connectivity index (χ3v) is 2.25. The highest BCUT2D eigenvalue weighted by Gasteiger charge is 2.37. The van der Waals surface area contributed by atoms with Gasteiger partial charge in [-0.1, -0.05) is 20.3 Å². The van der Waals surface area contributed by atoms with Crippen molar-refractivity contribution in [3.8, 4) is 0 Å². The molecule has 0 aromatic carbocycles. The fourth-order valence-electron chi connectivity index (χ4n) is 1.28. The van der Waals surface area contributed by atoms with Gasteiger partial charge in [0.2, 0.25) is 11.8 Å². The molecule has 1 fully saturated rings. The van der Waals surface area contributed by atoms with E-state index in [9.17, 15) is 14.4 Å². The predicted octanol–water partition coefficient (Wildman–Crippen LogP) is 0.0147. The maximum Gasteiger partial charge on any atom is 0.328 e. The van der Waals surface area contributed by atoms with Crippen LogP contribution >= 0.6 is 0 Å². The molecule has 1 saturated heterocycles. The van der Waals surface area contributed by atoms with E-state index >= 15 is 0 Å². The molecule has 1 aliphatic heterocycles. The number of barbiturate groups is 1. The Labute approximate surface area is 75.9 Å². The van der Waals surface area contributed by atoms with Gasteiger partial charge in [0.1, 0.15) is 5.92 Å². The summed E-state index contributed by atoms with van der Waals surface area (Å²) in [7, 11) is 0. The van der Waals surface area contributed by atoms with Gasteiger partial charge in [-0.2, -0.15) is 0 Å². The predicted molar refractivity (Wildman–Crippen MR) is 44.6 cm³/mol. The van der Waals surface area contributed by atoms with Crippen molar-refractivity contribution < 1.29 is 14.4 Å². The average Bonchev–Trinajstić information content (AvgIpc) is 2.02. The van der Waals surface area contributed by atoms with Crippen LogP contribution in [0.1, 0.15) is 20.3 Å². The van der Waals surface area contributed by atoms with Crippen molar-refractivity contribution >= 4 is 17.8 Å². The van der Waals surface area contributed by atoms with Crippen LogP contribution in [0.5, 0.6) is 0 Å². The maximum absolute atomic E-state index is 11.2. The standard InChI is InChI=1S/C8H12N2O3/c1-3-4(2)5-6(11)9-8(13)10-7(5)12/h4-5H,3H2,1-2H3,(H2,9,10,11,12,13). The molecule has 72 valence electrons. The minimum atomic E-state index is -0.734. The quantitative estimate of drug-likeness (QED) is 0.594. The van der Waals surface area contributed by atoms with E-state index in [2.05, 4.69) is 10.6 Å². The number of carbonyl (C=O) groups is 3. The van der Waals surface area contributed by atoms with E-state index < -0.39 is 23.8 Å². The summed E-state index contributed by atoms with van der Waals surface area (Å²) in [5.74, 6) is -1.78. The van der Waals surface area contributed by atoms with Crippen LogP contribution in [0.25, 0.3) is 0 Å². The largest absolute Gasteiger partial charge is 0.328 e. The van der Waals surface area contributed by atoms with Crippen molar-refractivity contribution in [3.05, 3.63) is 0 Å². The van der Waals surface area contributed by atoms with Crippen LogP contribution in [0.15, 0.2) is 0 Å². The Morgan fingerprint density at radius 1 is 1.23 bits per heavy atom. The summed E-state index contributed by atoms with van der Waals surface area (Å²) >= 11 is 0. The first kappa shape index (κ1) is 9.70. The van der Waals surface area contributed by atoms with Gasteiger partial charge in [-0.15, -0.1) is 0 Å². The summed E-state index contributed by atoms with van der Waals surface area (Å²) in [6.45, 7) is 3.70. The number of carbonyl (C=O) groups excluding carboxylic acids is 3. The Morgan fingerprint density at radius 2 is 1.69 bits per heavy atom. The van der Waals surface area contributed by atoms with Gasteiger partial charge in [0, 0.05) is 0 Å². The van der Waals surface area contributed by atoms with Gasteiger partial charge in [-0.05, 0) is 5.92 Å². The molecule has 0 radical (unpaired) electrons. The first-order chi connectivity index (χ1) is 6.06. The minimum absolute atomic E-state index is 0.0481. The molecule has 2 N–H and O–H groups in total. The zero-order valence-corrected chi connectivity index (χ0v) is 7.59. The number of hydrogen-bond acceptors (Lipinski definition) is 3. The van der Waals surface area contributed by atoms with Gasteiger partial charge in [0.05, 0.1) is 0 Å². The Hall–Kier alpha value is -1.39. The number of rotatable bonds is 2. The molecule has 1 aliphatic rings. The van der Waals surface area contributed by atoms with Crippen molar-refractivity contribution in [2.45, 2.75) is 20.3 Å². The lowest BCUT2D eigenvalue weighted by atomic mass is 9.89. The first-order valence-corrected chi connectivity index (χ1v) is 4.22. The molecule has 0 bridgehead atoms. The molecule has 5 nitrogen and oxygen atoms in total. The van der Waals surface area contributed by atoms with Crippen LogP contribution in [-0.4, -0.2) is 17.8 Å². The van der Waals surface area contributed by atoms with E-state index in [1.54, 1.807) is 6.92 Å². The monoisotopic (exact) mass is 184 g/mol. The molecule has 0 aliphatic carbocycles. The molecule has 0 aromatic rings. The van der Waals surface area contributed by atoms with Gasteiger partial charge in [-0.25, -0.2) is 4.79 Å². The lowest BCUT2D eigenvalue weighted by Crippen LogP contribution is -2.57. The molecule has 1 unspecified atom stereocenters.